The van der Waals surface area contributed by atoms with Gasteiger partial charge in [-0.25, -0.2) is 9.18 Å². The van der Waals surface area contributed by atoms with Crippen molar-refractivity contribution in [2.45, 2.75) is 6.92 Å². The van der Waals surface area contributed by atoms with E-state index >= 15 is 0 Å². The summed E-state index contributed by atoms with van der Waals surface area (Å²) in [5.41, 5.74) is 0.742. The number of hydrogen-bond donors (Lipinski definition) is 2. The van der Waals surface area contributed by atoms with Crippen molar-refractivity contribution in [1.82, 2.24) is 0 Å². The lowest BCUT2D eigenvalue weighted by molar-refractivity contribution is -0.119. The number of benzene rings is 2. The fraction of sp³-hybridized carbons (Fsp3) is 0.167. The van der Waals surface area contributed by atoms with E-state index in [2.05, 4.69) is 10.6 Å². The number of esters is 1. The molecule has 8 heteroatoms. The van der Waals surface area contributed by atoms with E-state index in [0.717, 1.165) is 6.07 Å². The van der Waals surface area contributed by atoms with Crippen molar-refractivity contribution in [3.63, 3.8) is 0 Å². The summed E-state index contributed by atoms with van der Waals surface area (Å²) < 4.78 is 23.4. The molecule has 0 unspecified atom stereocenters. The maximum Gasteiger partial charge on any atom is 0.341 e. The normalized spacial score (nSPS) is 9.96. The van der Waals surface area contributed by atoms with Gasteiger partial charge < -0.3 is 20.1 Å². The van der Waals surface area contributed by atoms with Gasteiger partial charge in [0.1, 0.15) is 11.6 Å². The van der Waals surface area contributed by atoms with Crippen LogP contribution in [0.4, 0.5) is 15.8 Å². The Bertz CT molecular complexity index is 821. The zero-order valence-electron chi connectivity index (χ0n) is 14.2. The molecule has 2 N–H and O–H groups in total. The molecule has 0 aliphatic carbocycles. The van der Waals surface area contributed by atoms with Crippen LogP contribution in [0.5, 0.6) is 5.75 Å². The number of halogens is 1. The van der Waals surface area contributed by atoms with Gasteiger partial charge in [0.2, 0.25) is 5.91 Å². The molecule has 0 saturated carbocycles. The van der Waals surface area contributed by atoms with Crippen LogP contribution in [-0.4, -0.2) is 31.5 Å². The Hall–Kier alpha value is -3.42. The summed E-state index contributed by atoms with van der Waals surface area (Å²) in [6.07, 6.45) is 0. The van der Waals surface area contributed by atoms with Gasteiger partial charge in [-0.15, -0.1) is 0 Å². The Morgan fingerprint density at radius 3 is 2.15 bits per heavy atom. The molecule has 26 heavy (non-hydrogen) atoms. The summed E-state index contributed by atoms with van der Waals surface area (Å²) >= 11 is 0. The molecule has 0 fully saturated rings. The Labute approximate surface area is 149 Å². The SMILES string of the molecule is COc1ccc(C(=O)OCC(=O)Nc2ccc(NC(C)=O)cc2)c(F)c1. The summed E-state index contributed by atoms with van der Waals surface area (Å²) in [6.45, 7) is 0.813. The lowest BCUT2D eigenvalue weighted by Crippen LogP contribution is -2.21. The smallest absolute Gasteiger partial charge is 0.341 e. The molecule has 0 spiro atoms. The average molecular weight is 360 g/mol. The standard InChI is InChI=1S/C18H17FN2O5/c1-11(22)20-12-3-5-13(6-4-12)21-17(23)10-26-18(24)15-8-7-14(25-2)9-16(15)19/h3-9H,10H2,1-2H3,(H,20,22)(H,21,23). The van der Waals surface area contributed by atoms with Gasteiger partial charge in [-0.3, -0.25) is 9.59 Å². The molecule has 2 rings (SSSR count). The number of amides is 2. The van der Waals surface area contributed by atoms with Crippen LogP contribution in [-0.2, 0) is 14.3 Å². The van der Waals surface area contributed by atoms with Crippen molar-refractivity contribution in [3.8, 4) is 5.75 Å². The van der Waals surface area contributed by atoms with Gasteiger partial charge in [0.05, 0.1) is 12.7 Å². The van der Waals surface area contributed by atoms with E-state index in [4.69, 9.17) is 9.47 Å². The molecule has 0 aliphatic rings. The Morgan fingerprint density at radius 1 is 1.00 bits per heavy atom. The molecular weight excluding hydrogens is 343 g/mol. The highest BCUT2D eigenvalue weighted by Crippen LogP contribution is 2.17. The summed E-state index contributed by atoms with van der Waals surface area (Å²) in [5, 5.41) is 5.11. The molecule has 2 amide bonds. The Kier molecular flexibility index (Phi) is 6.26. The first-order valence-electron chi connectivity index (χ1n) is 7.57. The molecule has 0 aromatic heterocycles. The zero-order chi connectivity index (χ0) is 19.1. The fourth-order valence-corrected chi connectivity index (χ4v) is 2.03. The second-order valence-corrected chi connectivity index (χ2v) is 5.23. The van der Waals surface area contributed by atoms with Crippen molar-refractivity contribution in [3.05, 3.63) is 53.8 Å². The minimum atomic E-state index is -0.957. The van der Waals surface area contributed by atoms with Gasteiger partial charge in [0.25, 0.3) is 5.91 Å². The number of methoxy groups -OCH3 is 1. The number of nitrogens with one attached hydrogen (secondary N) is 2. The Morgan fingerprint density at radius 2 is 1.62 bits per heavy atom. The molecule has 2 aromatic rings. The van der Waals surface area contributed by atoms with E-state index in [-0.39, 0.29) is 17.2 Å². The highest BCUT2D eigenvalue weighted by molar-refractivity contribution is 5.96. The van der Waals surface area contributed by atoms with E-state index in [0.29, 0.717) is 11.4 Å². The minimum absolute atomic E-state index is 0.209. The number of carbonyl (C=O) groups excluding carboxylic acids is 3. The van der Waals surface area contributed by atoms with Crippen LogP contribution < -0.4 is 15.4 Å². The highest BCUT2D eigenvalue weighted by Gasteiger charge is 2.15. The second-order valence-electron chi connectivity index (χ2n) is 5.23. The summed E-state index contributed by atoms with van der Waals surface area (Å²) in [7, 11) is 1.37. The molecule has 0 saturated heterocycles. The van der Waals surface area contributed by atoms with Gasteiger partial charge in [-0.05, 0) is 36.4 Å². The molecule has 136 valence electrons. The summed E-state index contributed by atoms with van der Waals surface area (Å²) in [5.74, 6) is -2.29. The van der Waals surface area contributed by atoms with E-state index in [1.165, 1.54) is 26.2 Å². The van der Waals surface area contributed by atoms with Gasteiger partial charge in [0.15, 0.2) is 6.61 Å². The zero-order valence-corrected chi connectivity index (χ0v) is 14.2. The monoisotopic (exact) mass is 360 g/mol. The second kappa shape index (κ2) is 8.61. The van der Waals surface area contributed by atoms with Gasteiger partial charge in [0, 0.05) is 24.4 Å². The predicted molar refractivity (Wildman–Crippen MR) is 92.6 cm³/mol. The van der Waals surface area contributed by atoms with Crippen molar-refractivity contribution >= 4 is 29.2 Å². The van der Waals surface area contributed by atoms with Gasteiger partial charge in [-0.2, -0.15) is 0 Å². The van der Waals surface area contributed by atoms with Gasteiger partial charge >= 0.3 is 5.97 Å². The van der Waals surface area contributed by atoms with E-state index in [9.17, 15) is 18.8 Å². The van der Waals surface area contributed by atoms with Crippen LogP contribution in [0.3, 0.4) is 0 Å². The molecule has 7 nitrogen and oxygen atoms in total. The van der Waals surface area contributed by atoms with E-state index in [1.807, 2.05) is 0 Å². The average Bonchev–Trinajstić information content (AvgIpc) is 2.60. The molecule has 0 radical (unpaired) electrons. The lowest BCUT2D eigenvalue weighted by Gasteiger charge is -2.08. The molecule has 0 atom stereocenters. The third-order valence-corrected chi connectivity index (χ3v) is 3.22. The van der Waals surface area contributed by atoms with E-state index in [1.54, 1.807) is 24.3 Å². The number of ether oxygens (including phenoxy) is 2. The Balaban J connectivity index is 1.88. The van der Waals surface area contributed by atoms with E-state index < -0.39 is 24.3 Å². The maximum atomic E-state index is 13.8. The first-order chi connectivity index (χ1) is 12.4. The third-order valence-electron chi connectivity index (χ3n) is 3.22. The van der Waals surface area contributed by atoms with Crippen LogP contribution in [0.1, 0.15) is 17.3 Å². The third kappa shape index (κ3) is 5.30. The fourth-order valence-electron chi connectivity index (χ4n) is 2.03. The van der Waals surface area contributed by atoms with Crippen LogP contribution in [0.2, 0.25) is 0 Å². The number of hydrogen-bond acceptors (Lipinski definition) is 5. The van der Waals surface area contributed by atoms with Crippen LogP contribution >= 0.6 is 0 Å². The van der Waals surface area contributed by atoms with Crippen LogP contribution in [0.25, 0.3) is 0 Å². The van der Waals surface area contributed by atoms with Crippen molar-refractivity contribution in [1.29, 1.82) is 0 Å². The number of anilines is 2. The van der Waals surface area contributed by atoms with Gasteiger partial charge in [-0.1, -0.05) is 0 Å². The number of rotatable bonds is 6. The topological polar surface area (TPSA) is 93.7 Å². The molecule has 2 aromatic carbocycles. The van der Waals surface area contributed by atoms with Crippen molar-refractivity contribution in [2.75, 3.05) is 24.4 Å². The molecule has 0 aliphatic heterocycles. The lowest BCUT2D eigenvalue weighted by atomic mass is 10.2. The summed E-state index contributed by atoms with van der Waals surface area (Å²) in [6, 6.07) is 10.0. The highest BCUT2D eigenvalue weighted by atomic mass is 19.1. The maximum absolute atomic E-state index is 13.8. The van der Waals surface area contributed by atoms with Crippen LogP contribution in [0, 0.1) is 5.82 Å². The van der Waals surface area contributed by atoms with Crippen molar-refractivity contribution in [2.24, 2.45) is 0 Å². The summed E-state index contributed by atoms with van der Waals surface area (Å²) in [4.78, 5) is 34.6. The largest absolute Gasteiger partial charge is 0.497 e. The molecule has 0 bridgehead atoms. The molecule has 0 heterocycles. The molecular formula is C18H17FN2O5. The minimum Gasteiger partial charge on any atom is -0.497 e. The first kappa shape index (κ1) is 18.9. The van der Waals surface area contributed by atoms with Crippen molar-refractivity contribution < 1.29 is 28.2 Å². The van der Waals surface area contributed by atoms with Crippen LogP contribution in [0.15, 0.2) is 42.5 Å². The quantitative estimate of drug-likeness (QED) is 0.773. The number of carbonyl (C=O) groups is 3. The predicted octanol–water partition coefficient (Wildman–Crippen LogP) is 2.59. The first-order valence-corrected chi connectivity index (χ1v) is 7.57.